The molecule has 0 aliphatic rings. The average molecular weight is 398 g/mol. The average Bonchev–Trinajstić information content (AvgIpc) is 3.22. The predicted molar refractivity (Wildman–Crippen MR) is 101 cm³/mol. The van der Waals surface area contributed by atoms with Gasteiger partial charge in [0.1, 0.15) is 0 Å². The molecule has 0 atom stereocenters. The standard InChI is InChI=1S/C17H14N6O4S/c24-16-17(25)22-14-8-12(3-4-13(14)21-16)28(26,27)20-10-11-2-5-15(18-9-11)23-7-1-6-19-23/h1-9,20H,10H2,(H,21,24)(H,22,25). The Labute approximate surface area is 157 Å². The summed E-state index contributed by atoms with van der Waals surface area (Å²) in [5.41, 5.74) is -0.427. The number of aromatic nitrogens is 5. The summed E-state index contributed by atoms with van der Waals surface area (Å²) in [6.45, 7) is 0.0366. The monoisotopic (exact) mass is 398 g/mol. The van der Waals surface area contributed by atoms with Crippen molar-refractivity contribution in [3.63, 3.8) is 0 Å². The van der Waals surface area contributed by atoms with Crippen molar-refractivity contribution < 1.29 is 8.42 Å². The van der Waals surface area contributed by atoms with Gasteiger partial charge in [-0.1, -0.05) is 6.07 Å². The zero-order valence-corrected chi connectivity index (χ0v) is 15.1. The molecule has 0 amide bonds. The van der Waals surface area contributed by atoms with E-state index < -0.39 is 21.1 Å². The third-order valence-corrected chi connectivity index (χ3v) is 5.42. The highest BCUT2D eigenvalue weighted by atomic mass is 32.2. The van der Waals surface area contributed by atoms with Crippen LogP contribution in [-0.4, -0.2) is 33.2 Å². The van der Waals surface area contributed by atoms with Crippen LogP contribution < -0.4 is 15.8 Å². The van der Waals surface area contributed by atoms with Crippen LogP contribution in [0.5, 0.6) is 0 Å². The summed E-state index contributed by atoms with van der Waals surface area (Å²) in [5.74, 6) is 0.615. The second-order valence-corrected chi connectivity index (χ2v) is 7.68. The van der Waals surface area contributed by atoms with Crippen LogP contribution in [0.1, 0.15) is 5.56 Å². The van der Waals surface area contributed by atoms with E-state index in [0.717, 1.165) is 0 Å². The molecular weight excluding hydrogens is 384 g/mol. The van der Waals surface area contributed by atoms with E-state index in [1.807, 2.05) is 0 Å². The minimum atomic E-state index is -3.84. The van der Waals surface area contributed by atoms with Gasteiger partial charge >= 0.3 is 11.1 Å². The van der Waals surface area contributed by atoms with Gasteiger partial charge in [-0.3, -0.25) is 9.59 Å². The smallest absolute Gasteiger partial charge is 0.314 e. The Morgan fingerprint density at radius 1 is 1.04 bits per heavy atom. The van der Waals surface area contributed by atoms with E-state index in [1.165, 1.54) is 18.2 Å². The molecule has 0 aliphatic heterocycles. The van der Waals surface area contributed by atoms with E-state index in [0.29, 0.717) is 16.9 Å². The van der Waals surface area contributed by atoms with Crippen molar-refractivity contribution in [3.8, 4) is 5.82 Å². The van der Waals surface area contributed by atoms with E-state index in [4.69, 9.17) is 0 Å². The van der Waals surface area contributed by atoms with Gasteiger partial charge in [-0.15, -0.1) is 0 Å². The fraction of sp³-hybridized carbons (Fsp3) is 0.0588. The second kappa shape index (κ2) is 6.87. The van der Waals surface area contributed by atoms with Crippen molar-refractivity contribution >= 4 is 21.1 Å². The number of nitrogens with zero attached hydrogens (tertiary/aromatic N) is 3. The van der Waals surface area contributed by atoms with E-state index in [-0.39, 0.29) is 17.0 Å². The SMILES string of the molecule is O=c1[nH]c2ccc(S(=O)(=O)NCc3ccc(-n4cccn4)nc3)cc2[nH]c1=O. The van der Waals surface area contributed by atoms with E-state index in [2.05, 4.69) is 24.8 Å². The maximum absolute atomic E-state index is 12.5. The number of fused-ring (bicyclic) bond motifs is 1. The van der Waals surface area contributed by atoms with Crippen LogP contribution >= 0.6 is 0 Å². The van der Waals surface area contributed by atoms with Crippen molar-refractivity contribution in [2.45, 2.75) is 11.4 Å². The fourth-order valence-electron chi connectivity index (χ4n) is 2.58. The molecule has 142 valence electrons. The number of hydrogen-bond acceptors (Lipinski definition) is 6. The normalized spacial score (nSPS) is 11.7. The molecule has 4 rings (SSSR count). The summed E-state index contributed by atoms with van der Waals surface area (Å²) in [7, 11) is -3.84. The topological polar surface area (TPSA) is 143 Å². The Bertz CT molecular complexity index is 1360. The van der Waals surface area contributed by atoms with Gasteiger partial charge in [0.25, 0.3) is 0 Å². The highest BCUT2D eigenvalue weighted by Gasteiger charge is 2.15. The van der Waals surface area contributed by atoms with Crippen LogP contribution in [0.4, 0.5) is 0 Å². The molecular formula is C17H14N6O4S. The van der Waals surface area contributed by atoms with Crippen molar-refractivity contribution in [1.29, 1.82) is 0 Å². The van der Waals surface area contributed by atoms with Crippen LogP contribution in [0.25, 0.3) is 16.9 Å². The lowest BCUT2D eigenvalue weighted by Gasteiger charge is -2.08. The lowest BCUT2D eigenvalue weighted by atomic mass is 10.3. The molecule has 11 heteroatoms. The Kier molecular flexibility index (Phi) is 4.37. The zero-order chi connectivity index (χ0) is 19.7. The Morgan fingerprint density at radius 2 is 1.82 bits per heavy atom. The number of rotatable bonds is 5. The highest BCUT2D eigenvalue weighted by Crippen LogP contribution is 2.15. The molecule has 0 fully saturated rings. The van der Waals surface area contributed by atoms with Crippen molar-refractivity contribution in [2.24, 2.45) is 0 Å². The molecule has 0 spiro atoms. The molecule has 0 saturated carbocycles. The molecule has 0 saturated heterocycles. The summed E-state index contributed by atoms with van der Waals surface area (Å²) >= 11 is 0. The van der Waals surface area contributed by atoms with Gasteiger partial charge in [0.05, 0.1) is 15.9 Å². The number of H-pyrrole nitrogens is 2. The van der Waals surface area contributed by atoms with Crippen LogP contribution in [0.3, 0.4) is 0 Å². The Balaban J connectivity index is 1.54. The summed E-state index contributed by atoms with van der Waals surface area (Å²) in [5, 5.41) is 4.07. The first kappa shape index (κ1) is 17.8. The van der Waals surface area contributed by atoms with Crippen LogP contribution in [0, 0.1) is 0 Å². The molecule has 10 nitrogen and oxygen atoms in total. The van der Waals surface area contributed by atoms with Gasteiger partial charge in [0.15, 0.2) is 5.82 Å². The van der Waals surface area contributed by atoms with Gasteiger partial charge < -0.3 is 9.97 Å². The Hall–Kier alpha value is -3.57. The third kappa shape index (κ3) is 3.48. The van der Waals surface area contributed by atoms with Gasteiger partial charge in [0.2, 0.25) is 10.0 Å². The lowest BCUT2D eigenvalue weighted by molar-refractivity contribution is 0.581. The quantitative estimate of drug-likeness (QED) is 0.412. The zero-order valence-electron chi connectivity index (χ0n) is 14.3. The minimum Gasteiger partial charge on any atom is -0.316 e. The van der Waals surface area contributed by atoms with Gasteiger partial charge in [-0.05, 0) is 35.9 Å². The van der Waals surface area contributed by atoms with Crippen molar-refractivity contribution in [2.75, 3.05) is 0 Å². The van der Waals surface area contributed by atoms with Crippen LogP contribution in [-0.2, 0) is 16.6 Å². The molecule has 3 aromatic heterocycles. The first-order valence-corrected chi connectivity index (χ1v) is 9.62. The fourth-order valence-corrected chi connectivity index (χ4v) is 3.63. The molecule has 3 N–H and O–H groups in total. The summed E-state index contributed by atoms with van der Waals surface area (Å²) in [6, 6.07) is 9.30. The third-order valence-electron chi connectivity index (χ3n) is 4.02. The molecule has 4 aromatic rings. The van der Waals surface area contributed by atoms with E-state index in [1.54, 1.807) is 41.5 Å². The molecule has 28 heavy (non-hydrogen) atoms. The molecule has 0 radical (unpaired) electrons. The number of benzene rings is 1. The maximum atomic E-state index is 12.5. The van der Waals surface area contributed by atoms with E-state index in [9.17, 15) is 18.0 Å². The number of aromatic amines is 2. The maximum Gasteiger partial charge on any atom is 0.314 e. The first-order chi connectivity index (χ1) is 13.4. The summed E-state index contributed by atoms with van der Waals surface area (Å²) in [6.07, 6.45) is 4.94. The largest absolute Gasteiger partial charge is 0.316 e. The van der Waals surface area contributed by atoms with E-state index >= 15 is 0 Å². The van der Waals surface area contributed by atoms with Crippen LogP contribution in [0.2, 0.25) is 0 Å². The second-order valence-electron chi connectivity index (χ2n) is 5.92. The minimum absolute atomic E-state index is 0.0366. The molecule has 1 aromatic carbocycles. The van der Waals surface area contributed by atoms with Gasteiger partial charge in [0, 0.05) is 25.1 Å². The molecule has 0 unspecified atom stereocenters. The molecule has 3 heterocycles. The Morgan fingerprint density at radius 3 is 2.50 bits per heavy atom. The summed E-state index contributed by atoms with van der Waals surface area (Å²) in [4.78, 5) is 31.7. The van der Waals surface area contributed by atoms with Crippen molar-refractivity contribution in [3.05, 3.63) is 81.3 Å². The highest BCUT2D eigenvalue weighted by molar-refractivity contribution is 7.89. The number of hydrogen-bond donors (Lipinski definition) is 3. The summed E-state index contributed by atoms with van der Waals surface area (Å²) < 4.78 is 29.2. The number of sulfonamides is 1. The number of nitrogens with one attached hydrogen (secondary N) is 3. The van der Waals surface area contributed by atoms with Gasteiger partial charge in [-0.25, -0.2) is 22.8 Å². The predicted octanol–water partition coefficient (Wildman–Crippen LogP) is 0.276. The molecule has 0 aliphatic carbocycles. The first-order valence-electron chi connectivity index (χ1n) is 8.13. The lowest BCUT2D eigenvalue weighted by Crippen LogP contribution is -2.29. The molecule has 0 bridgehead atoms. The number of pyridine rings is 1. The van der Waals surface area contributed by atoms with Gasteiger partial charge in [-0.2, -0.15) is 5.10 Å². The van der Waals surface area contributed by atoms with Crippen molar-refractivity contribution in [1.82, 2.24) is 29.5 Å². The van der Waals surface area contributed by atoms with Crippen LogP contribution in [0.15, 0.2) is 69.5 Å².